The quantitative estimate of drug-likeness (QED) is 0.832. The molecule has 2 rings (SSSR count). The van der Waals surface area contributed by atoms with Gasteiger partial charge in [0.25, 0.3) is 0 Å². The SMILES string of the molecule is CCN(CC)c1ccc(C=Nc2ccc(O)cc2)cc1. The number of benzene rings is 2. The first kappa shape index (κ1) is 14.1. The van der Waals surface area contributed by atoms with Crippen LogP contribution in [0.2, 0.25) is 0 Å². The molecule has 3 heteroatoms. The summed E-state index contributed by atoms with van der Waals surface area (Å²) >= 11 is 0. The summed E-state index contributed by atoms with van der Waals surface area (Å²) in [5.41, 5.74) is 3.13. The van der Waals surface area contributed by atoms with Gasteiger partial charge in [-0.05, 0) is 55.8 Å². The van der Waals surface area contributed by atoms with Crippen LogP contribution in [-0.4, -0.2) is 24.4 Å². The number of rotatable bonds is 5. The molecular formula is C17H20N2O. The third-order valence-corrected chi connectivity index (χ3v) is 3.23. The first-order valence-corrected chi connectivity index (χ1v) is 6.91. The number of phenolic OH excluding ortho intramolecular Hbond substituents is 1. The summed E-state index contributed by atoms with van der Waals surface area (Å²) in [6.45, 7) is 6.34. The minimum absolute atomic E-state index is 0.257. The van der Waals surface area contributed by atoms with E-state index in [-0.39, 0.29) is 5.75 Å². The van der Waals surface area contributed by atoms with Gasteiger partial charge in [-0.1, -0.05) is 12.1 Å². The Hall–Kier alpha value is -2.29. The predicted molar refractivity (Wildman–Crippen MR) is 85.4 cm³/mol. The Labute approximate surface area is 120 Å². The number of aromatic hydroxyl groups is 1. The lowest BCUT2D eigenvalue weighted by Gasteiger charge is -2.20. The summed E-state index contributed by atoms with van der Waals surface area (Å²) in [5.74, 6) is 0.257. The molecule has 2 aromatic carbocycles. The Kier molecular flexibility index (Phi) is 4.77. The minimum Gasteiger partial charge on any atom is -0.508 e. The average molecular weight is 268 g/mol. The van der Waals surface area contributed by atoms with Gasteiger partial charge in [-0.15, -0.1) is 0 Å². The fraction of sp³-hybridized carbons (Fsp3) is 0.235. The summed E-state index contributed by atoms with van der Waals surface area (Å²) in [5, 5.41) is 9.21. The van der Waals surface area contributed by atoms with Crippen LogP contribution in [0, 0.1) is 0 Å². The molecule has 1 N–H and O–H groups in total. The molecule has 0 radical (unpaired) electrons. The van der Waals surface area contributed by atoms with Crippen molar-refractivity contribution in [3.8, 4) is 5.75 Å². The molecule has 0 amide bonds. The first-order chi connectivity index (χ1) is 9.72. The van der Waals surface area contributed by atoms with Gasteiger partial charge >= 0.3 is 0 Å². The van der Waals surface area contributed by atoms with Gasteiger partial charge < -0.3 is 10.0 Å². The van der Waals surface area contributed by atoms with Crippen LogP contribution in [0.25, 0.3) is 0 Å². The normalized spacial score (nSPS) is 10.9. The van der Waals surface area contributed by atoms with Crippen LogP contribution in [0.1, 0.15) is 19.4 Å². The average Bonchev–Trinajstić information content (AvgIpc) is 2.49. The van der Waals surface area contributed by atoms with Crippen LogP contribution in [-0.2, 0) is 0 Å². The van der Waals surface area contributed by atoms with Crippen molar-refractivity contribution in [2.45, 2.75) is 13.8 Å². The van der Waals surface area contributed by atoms with Crippen molar-refractivity contribution in [3.63, 3.8) is 0 Å². The van der Waals surface area contributed by atoms with E-state index in [9.17, 15) is 5.11 Å². The molecule has 0 aliphatic heterocycles. The lowest BCUT2D eigenvalue weighted by Crippen LogP contribution is -2.21. The van der Waals surface area contributed by atoms with E-state index < -0.39 is 0 Å². The fourth-order valence-electron chi connectivity index (χ4n) is 2.05. The van der Waals surface area contributed by atoms with E-state index >= 15 is 0 Å². The topological polar surface area (TPSA) is 35.8 Å². The van der Waals surface area contributed by atoms with Crippen LogP contribution >= 0.6 is 0 Å². The van der Waals surface area contributed by atoms with E-state index in [4.69, 9.17) is 0 Å². The standard InChI is InChI=1S/C17H20N2O/c1-3-19(4-2)16-9-5-14(6-10-16)13-18-15-7-11-17(20)12-8-15/h5-13,20H,3-4H2,1-2H3. The van der Waals surface area contributed by atoms with Crippen LogP contribution in [0.5, 0.6) is 5.75 Å². The zero-order chi connectivity index (χ0) is 14.4. The molecule has 0 atom stereocenters. The third kappa shape index (κ3) is 3.60. The number of anilines is 1. The second-order valence-corrected chi connectivity index (χ2v) is 4.54. The number of aliphatic imine (C=N–C) groups is 1. The molecule has 0 aromatic heterocycles. The highest BCUT2D eigenvalue weighted by molar-refractivity contribution is 5.82. The van der Waals surface area contributed by atoms with Gasteiger partial charge in [-0.3, -0.25) is 4.99 Å². The van der Waals surface area contributed by atoms with Gasteiger partial charge in [-0.25, -0.2) is 0 Å². The predicted octanol–water partition coefficient (Wildman–Crippen LogP) is 3.99. The summed E-state index contributed by atoms with van der Waals surface area (Å²) in [6, 6.07) is 15.2. The van der Waals surface area contributed by atoms with E-state index in [1.54, 1.807) is 24.3 Å². The van der Waals surface area contributed by atoms with Crippen molar-refractivity contribution in [1.29, 1.82) is 0 Å². The molecule has 0 aliphatic carbocycles. The maximum atomic E-state index is 9.21. The third-order valence-electron chi connectivity index (χ3n) is 3.23. The molecule has 104 valence electrons. The zero-order valence-electron chi connectivity index (χ0n) is 12.0. The molecule has 0 heterocycles. The van der Waals surface area contributed by atoms with E-state index in [2.05, 4.69) is 48.0 Å². The Morgan fingerprint density at radius 3 is 2.10 bits per heavy atom. The van der Waals surface area contributed by atoms with Crippen molar-refractivity contribution in [1.82, 2.24) is 0 Å². The molecule has 2 aromatic rings. The van der Waals surface area contributed by atoms with Crippen LogP contribution in [0.4, 0.5) is 11.4 Å². The molecule has 0 unspecified atom stereocenters. The second kappa shape index (κ2) is 6.75. The lowest BCUT2D eigenvalue weighted by molar-refractivity contribution is 0.475. The number of nitrogens with zero attached hydrogens (tertiary/aromatic N) is 2. The molecule has 20 heavy (non-hydrogen) atoms. The second-order valence-electron chi connectivity index (χ2n) is 4.54. The molecule has 0 spiro atoms. The van der Waals surface area contributed by atoms with Gasteiger partial charge in [0.05, 0.1) is 5.69 Å². The van der Waals surface area contributed by atoms with Crippen molar-refractivity contribution >= 4 is 17.6 Å². The van der Waals surface area contributed by atoms with Crippen molar-refractivity contribution in [2.75, 3.05) is 18.0 Å². The Balaban J connectivity index is 2.08. The Bertz CT molecular complexity index is 555. The lowest BCUT2D eigenvalue weighted by atomic mass is 10.2. The van der Waals surface area contributed by atoms with Gasteiger partial charge in [0, 0.05) is 25.0 Å². The molecule has 0 aliphatic rings. The van der Waals surface area contributed by atoms with Crippen LogP contribution in [0.3, 0.4) is 0 Å². The van der Waals surface area contributed by atoms with Gasteiger partial charge in [0.2, 0.25) is 0 Å². The maximum Gasteiger partial charge on any atom is 0.115 e. The molecule has 0 saturated heterocycles. The van der Waals surface area contributed by atoms with E-state index in [0.29, 0.717) is 0 Å². The van der Waals surface area contributed by atoms with E-state index in [1.165, 1.54) is 5.69 Å². The number of phenols is 1. The highest BCUT2D eigenvalue weighted by Crippen LogP contribution is 2.17. The largest absolute Gasteiger partial charge is 0.508 e. The van der Waals surface area contributed by atoms with Crippen molar-refractivity contribution < 1.29 is 5.11 Å². The maximum absolute atomic E-state index is 9.21. The van der Waals surface area contributed by atoms with Crippen molar-refractivity contribution in [3.05, 3.63) is 54.1 Å². The van der Waals surface area contributed by atoms with Crippen molar-refractivity contribution in [2.24, 2.45) is 4.99 Å². The highest BCUT2D eigenvalue weighted by atomic mass is 16.3. The monoisotopic (exact) mass is 268 g/mol. The summed E-state index contributed by atoms with van der Waals surface area (Å²) < 4.78 is 0. The first-order valence-electron chi connectivity index (χ1n) is 6.91. The van der Waals surface area contributed by atoms with Gasteiger partial charge in [-0.2, -0.15) is 0 Å². The van der Waals surface area contributed by atoms with Gasteiger partial charge in [0.1, 0.15) is 5.75 Å². The zero-order valence-corrected chi connectivity index (χ0v) is 12.0. The van der Waals surface area contributed by atoms with Crippen LogP contribution < -0.4 is 4.90 Å². The molecule has 0 saturated carbocycles. The highest BCUT2D eigenvalue weighted by Gasteiger charge is 2.00. The Morgan fingerprint density at radius 1 is 0.950 bits per heavy atom. The molecule has 0 bridgehead atoms. The Morgan fingerprint density at radius 2 is 1.55 bits per heavy atom. The number of hydrogen-bond donors (Lipinski definition) is 1. The summed E-state index contributed by atoms with van der Waals surface area (Å²) in [7, 11) is 0. The summed E-state index contributed by atoms with van der Waals surface area (Å²) in [4.78, 5) is 6.69. The molecule has 0 fully saturated rings. The number of hydrogen-bond acceptors (Lipinski definition) is 3. The minimum atomic E-state index is 0.257. The van der Waals surface area contributed by atoms with E-state index in [0.717, 1.165) is 24.3 Å². The van der Waals surface area contributed by atoms with Gasteiger partial charge in [0.15, 0.2) is 0 Å². The van der Waals surface area contributed by atoms with E-state index in [1.807, 2.05) is 6.21 Å². The fourth-order valence-corrected chi connectivity index (χ4v) is 2.05. The van der Waals surface area contributed by atoms with Crippen LogP contribution in [0.15, 0.2) is 53.5 Å². The smallest absolute Gasteiger partial charge is 0.115 e. The molecular weight excluding hydrogens is 248 g/mol. The summed E-state index contributed by atoms with van der Waals surface area (Å²) in [6.07, 6.45) is 1.83. The molecule has 3 nitrogen and oxygen atoms in total.